The van der Waals surface area contributed by atoms with Crippen LogP contribution in [0, 0.1) is 11.3 Å². The molecule has 0 radical (unpaired) electrons. The second-order valence-electron chi connectivity index (χ2n) is 12.0. The number of hydrogen-bond donors (Lipinski definition) is 0. The van der Waals surface area contributed by atoms with E-state index in [0.717, 1.165) is 10.9 Å². The molecule has 206 valence electrons. The van der Waals surface area contributed by atoms with E-state index in [0.29, 0.717) is 0 Å². The van der Waals surface area contributed by atoms with Crippen molar-refractivity contribution in [3.8, 4) is 50.6 Å². The van der Waals surface area contributed by atoms with Crippen LogP contribution in [0.3, 0.4) is 0 Å². The highest BCUT2D eigenvalue weighted by Gasteiger charge is 2.23. The highest BCUT2D eigenvalue weighted by Crippen LogP contribution is 2.49. The summed E-state index contributed by atoms with van der Waals surface area (Å²) in [6.07, 6.45) is 0. The molecule has 1 aliphatic rings. The van der Waals surface area contributed by atoms with Crippen LogP contribution in [-0.2, 0) is 0 Å². The van der Waals surface area contributed by atoms with Crippen molar-refractivity contribution in [2.24, 2.45) is 0 Å². The molecule has 0 atom stereocenters. The van der Waals surface area contributed by atoms with Gasteiger partial charge in [0.05, 0.1) is 11.6 Å². The predicted molar refractivity (Wildman–Crippen MR) is 192 cm³/mol. The monoisotopic (exact) mass is 585 g/mol. The summed E-state index contributed by atoms with van der Waals surface area (Å²) < 4.78 is 2.61. The summed E-state index contributed by atoms with van der Waals surface area (Å²) >= 11 is 1.86. The molecule has 0 fully saturated rings. The molecule has 0 aliphatic heterocycles. The van der Waals surface area contributed by atoms with Crippen LogP contribution in [0.25, 0.3) is 97.0 Å². The van der Waals surface area contributed by atoms with Crippen molar-refractivity contribution >= 4 is 63.8 Å². The van der Waals surface area contributed by atoms with Crippen molar-refractivity contribution in [1.82, 2.24) is 0 Å². The molecular weight excluding hydrogens is 563 g/mol. The first-order chi connectivity index (χ1) is 22.2. The Morgan fingerprint density at radius 1 is 0.400 bits per heavy atom. The quantitative estimate of drug-likeness (QED) is 0.185. The summed E-state index contributed by atoms with van der Waals surface area (Å²) in [5.74, 6) is 0. The van der Waals surface area contributed by atoms with Gasteiger partial charge in [-0.05, 0) is 114 Å². The van der Waals surface area contributed by atoms with Gasteiger partial charge in [0.25, 0.3) is 0 Å². The van der Waals surface area contributed by atoms with E-state index in [9.17, 15) is 5.26 Å². The zero-order chi connectivity index (χ0) is 29.6. The summed E-state index contributed by atoms with van der Waals surface area (Å²) in [6.45, 7) is 0. The van der Waals surface area contributed by atoms with Crippen LogP contribution in [-0.4, -0.2) is 0 Å². The van der Waals surface area contributed by atoms with Gasteiger partial charge in [0.1, 0.15) is 0 Å². The van der Waals surface area contributed by atoms with Gasteiger partial charge in [-0.1, -0.05) is 97.1 Å². The standard InChI is InChI=1S/C43H23NS/c44-24-29-13-17-36-38-20-25(12-16-34(38)35-11-5-10-31(29)43(35)36)26-14-18-41-39(21-26)40-23-28(15-19-42(40)45-41)37-22-27-6-1-2-7-30(27)32-8-3-4-9-33(32)37/h1-23H. The first-order valence-electron chi connectivity index (χ1n) is 15.2. The average molecular weight is 586 g/mol. The molecule has 45 heavy (non-hydrogen) atoms. The molecule has 8 aromatic carbocycles. The molecule has 2 heteroatoms. The molecule has 0 unspecified atom stereocenters. The van der Waals surface area contributed by atoms with E-state index in [1.807, 2.05) is 17.4 Å². The van der Waals surface area contributed by atoms with E-state index in [1.165, 1.54) is 91.6 Å². The number of nitriles is 1. The van der Waals surface area contributed by atoms with Gasteiger partial charge in [0, 0.05) is 25.6 Å². The number of rotatable bonds is 2. The molecule has 0 spiro atoms. The van der Waals surface area contributed by atoms with Gasteiger partial charge in [-0.25, -0.2) is 0 Å². The Balaban J connectivity index is 1.14. The molecule has 0 amide bonds. The van der Waals surface area contributed by atoms with Crippen molar-refractivity contribution in [1.29, 1.82) is 5.26 Å². The van der Waals surface area contributed by atoms with Crippen LogP contribution < -0.4 is 0 Å². The fraction of sp³-hybridized carbons (Fsp3) is 0. The molecule has 9 aromatic rings. The minimum atomic E-state index is 0.731. The number of hydrogen-bond acceptors (Lipinski definition) is 2. The fourth-order valence-corrected chi connectivity index (χ4v) is 8.62. The third-order valence-corrected chi connectivity index (χ3v) is 10.8. The van der Waals surface area contributed by atoms with Crippen LogP contribution in [0.1, 0.15) is 5.56 Å². The Hall–Kier alpha value is -5.75. The Labute approximate surface area is 263 Å². The minimum Gasteiger partial charge on any atom is -0.192 e. The minimum absolute atomic E-state index is 0.731. The van der Waals surface area contributed by atoms with Crippen molar-refractivity contribution < 1.29 is 0 Å². The highest BCUT2D eigenvalue weighted by atomic mass is 32.1. The normalized spacial score (nSPS) is 12.0. The van der Waals surface area contributed by atoms with Gasteiger partial charge in [-0.3, -0.25) is 0 Å². The predicted octanol–water partition coefficient (Wildman–Crippen LogP) is 12.4. The summed E-state index contributed by atoms with van der Waals surface area (Å²) in [6, 6.07) is 53.3. The maximum absolute atomic E-state index is 9.71. The third-order valence-electron chi connectivity index (χ3n) is 9.64. The number of nitrogens with zero attached hydrogens (tertiary/aromatic N) is 1. The van der Waals surface area contributed by atoms with Gasteiger partial charge in [0.15, 0.2) is 0 Å². The molecule has 1 aliphatic carbocycles. The lowest BCUT2D eigenvalue weighted by Crippen LogP contribution is -1.84. The molecular formula is C43H23NS. The smallest absolute Gasteiger partial charge is 0.0998 e. The summed E-state index contributed by atoms with van der Waals surface area (Å²) in [4.78, 5) is 0. The second-order valence-corrected chi connectivity index (χ2v) is 13.1. The highest BCUT2D eigenvalue weighted by molar-refractivity contribution is 7.25. The van der Waals surface area contributed by atoms with Crippen molar-refractivity contribution in [2.45, 2.75) is 0 Å². The topological polar surface area (TPSA) is 23.8 Å². The Kier molecular flexibility index (Phi) is 5.00. The van der Waals surface area contributed by atoms with E-state index in [2.05, 4.69) is 140 Å². The molecule has 1 heterocycles. The lowest BCUT2D eigenvalue weighted by atomic mass is 9.92. The zero-order valence-corrected chi connectivity index (χ0v) is 25.0. The third kappa shape index (κ3) is 3.48. The van der Waals surface area contributed by atoms with Crippen LogP contribution in [0.2, 0.25) is 0 Å². The van der Waals surface area contributed by atoms with Crippen LogP contribution >= 0.6 is 11.3 Å². The maximum Gasteiger partial charge on any atom is 0.0998 e. The maximum atomic E-state index is 9.71. The summed E-state index contributed by atoms with van der Waals surface area (Å²) in [5, 5.41) is 19.7. The molecule has 0 N–H and O–H groups in total. The Bertz CT molecular complexity index is 2770. The van der Waals surface area contributed by atoms with E-state index in [-0.39, 0.29) is 0 Å². The van der Waals surface area contributed by atoms with Crippen LogP contribution in [0.15, 0.2) is 140 Å². The number of thiophene rings is 1. The zero-order valence-electron chi connectivity index (χ0n) is 24.1. The molecule has 0 bridgehead atoms. The Morgan fingerprint density at radius 2 is 1.04 bits per heavy atom. The van der Waals surface area contributed by atoms with E-state index >= 15 is 0 Å². The van der Waals surface area contributed by atoms with Crippen LogP contribution in [0.4, 0.5) is 0 Å². The van der Waals surface area contributed by atoms with Crippen molar-refractivity contribution in [2.75, 3.05) is 0 Å². The SMILES string of the molecule is N#Cc1ccc2c3c(cccc13)-c1ccc(-c3ccc4sc5ccc(-c6cc7ccccc7c7ccccc67)cc5c4c3)cc1-2. The van der Waals surface area contributed by atoms with E-state index in [4.69, 9.17) is 0 Å². The molecule has 10 rings (SSSR count). The van der Waals surface area contributed by atoms with Crippen molar-refractivity contribution in [3.63, 3.8) is 0 Å². The van der Waals surface area contributed by atoms with Gasteiger partial charge >= 0.3 is 0 Å². The largest absolute Gasteiger partial charge is 0.192 e. The molecule has 1 nitrogen and oxygen atoms in total. The molecule has 0 saturated carbocycles. The lowest BCUT2D eigenvalue weighted by Gasteiger charge is -2.11. The Morgan fingerprint density at radius 3 is 1.89 bits per heavy atom. The average Bonchev–Trinajstić information content (AvgIpc) is 3.63. The van der Waals surface area contributed by atoms with E-state index in [1.54, 1.807) is 0 Å². The van der Waals surface area contributed by atoms with Gasteiger partial charge in [-0.15, -0.1) is 11.3 Å². The number of fused-ring (bicyclic) bond motifs is 9. The van der Waals surface area contributed by atoms with Gasteiger partial charge in [0.2, 0.25) is 0 Å². The van der Waals surface area contributed by atoms with E-state index < -0.39 is 0 Å². The fourth-order valence-electron chi connectivity index (χ4n) is 7.55. The second kappa shape index (κ2) is 9.13. The summed E-state index contributed by atoms with van der Waals surface area (Å²) in [7, 11) is 0. The first kappa shape index (κ1) is 24.7. The molecule has 0 saturated heterocycles. The van der Waals surface area contributed by atoms with Gasteiger partial charge < -0.3 is 0 Å². The lowest BCUT2D eigenvalue weighted by molar-refractivity contribution is 1.50. The first-order valence-corrected chi connectivity index (χ1v) is 16.0. The molecule has 1 aromatic heterocycles. The van der Waals surface area contributed by atoms with Crippen molar-refractivity contribution in [3.05, 3.63) is 145 Å². The number of benzene rings is 8. The summed E-state index contributed by atoms with van der Waals surface area (Å²) in [5.41, 5.74) is 10.6. The van der Waals surface area contributed by atoms with Gasteiger partial charge in [-0.2, -0.15) is 5.26 Å². The van der Waals surface area contributed by atoms with Crippen LogP contribution in [0.5, 0.6) is 0 Å².